The molecule has 4 heteroatoms. The average molecular weight is 237 g/mol. The fourth-order valence-electron chi connectivity index (χ4n) is 2.83. The van der Waals surface area contributed by atoms with Gasteiger partial charge in [0.1, 0.15) is 0 Å². The molecule has 0 N–H and O–H groups in total. The molecule has 0 aromatic heterocycles. The van der Waals surface area contributed by atoms with Crippen molar-refractivity contribution in [2.45, 2.75) is 33.1 Å². The van der Waals surface area contributed by atoms with Gasteiger partial charge in [-0.1, -0.05) is 19.9 Å². The third-order valence-electron chi connectivity index (χ3n) is 3.91. The summed E-state index contributed by atoms with van der Waals surface area (Å²) in [4.78, 5) is 25.5. The van der Waals surface area contributed by atoms with Crippen LogP contribution in [0.25, 0.3) is 0 Å². The lowest BCUT2D eigenvalue weighted by Gasteiger charge is -2.29. The van der Waals surface area contributed by atoms with Crippen LogP contribution >= 0.6 is 0 Å². The van der Waals surface area contributed by atoms with Crippen LogP contribution in [0.2, 0.25) is 0 Å². The molecule has 1 unspecified atom stereocenters. The minimum absolute atomic E-state index is 0.0753. The van der Waals surface area contributed by atoms with Crippen LogP contribution in [-0.4, -0.2) is 30.4 Å². The number of nitrogens with zero attached hydrogens (tertiary/aromatic N) is 1. The summed E-state index contributed by atoms with van der Waals surface area (Å²) in [7, 11) is 1.36. The Labute approximate surface area is 102 Å². The van der Waals surface area contributed by atoms with E-state index in [0.29, 0.717) is 0 Å². The number of amides is 1. The molecule has 0 aliphatic carbocycles. The number of rotatable bonds is 2. The molecule has 0 spiro atoms. The Bertz CT molecular complexity index is 384. The number of hydrogen-bond acceptors (Lipinski definition) is 3. The summed E-state index contributed by atoms with van der Waals surface area (Å²) >= 11 is 0. The summed E-state index contributed by atoms with van der Waals surface area (Å²) in [5.74, 6) is -0.512. The van der Waals surface area contributed by atoms with E-state index in [1.807, 2.05) is 18.7 Å². The predicted octanol–water partition coefficient (Wildman–Crippen LogP) is 1.71. The Morgan fingerprint density at radius 1 is 1.59 bits per heavy atom. The van der Waals surface area contributed by atoms with Gasteiger partial charge in [0.15, 0.2) is 0 Å². The maximum absolute atomic E-state index is 12.3. The highest BCUT2D eigenvalue weighted by Crippen LogP contribution is 2.48. The first kappa shape index (κ1) is 12.1. The zero-order valence-corrected chi connectivity index (χ0v) is 10.7. The zero-order valence-electron chi connectivity index (χ0n) is 10.7. The third-order valence-corrected chi connectivity index (χ3v) is 3.91. The molecule has 17 heavy (non-hydrogen) atoms. The van der Waals surface area contributed by atoms with Crippen LogP contribution in [0.4, 0.5) is 0 Å². The van der Waals surface area contributed by atoms with Crippen molar-refractivity contribution in [3.05, 3.63) is 11.8 Å². The molecule has 0 radical (unpaired) electrons. The topological polar surface area (TPSA) is 46.6 Å². The number of carbonyl (C=O) groups excluding carboxylic acids is 2. The summed E-state index contributed by atoms with van der Waals surface area (Å²) in [6.45, 7) is 4.86. The van der Waals surface area contributed by atoms with Gasteiger partial charge in [-0.25, -0.2) is 0 Å². The number of ether oxygens (including phenoxy) is 1. The first-order chi connectivity index (χ1) is 7.98. The summed E-state index contributed by atoms with van der Waals surface area (Å²) in [6, 6.07) is 0. The highest BCUT2D eigenvalue weighted by molar-refractivity contribution is 5.89. The van der Waals surface area contributed by atoms with Crippen molar-refractivity contribution >= 4 is 11.9 Å². The molecular weight excluding hydrogens is 218 g/mol. The molecule has 0 bridgehead atoms. The number of carbonyl (C=O) groups is 2. The van der Waals surface area contributed by atoms with Crippen molar-refractivity contribution < 1.29 is 14.3 Å². The van der Waals surface area contributed by atoms with Crippen LogP contribution in [0.5, 0.6) is 0 Å². The maximum Gasteiger partial charge on any atom is 0.306 e. The lowest BCUT2D eigenvalue weighted by molar-refractivity contribution is -0.145. The number of fused-ring (bicyclic) bond motifs is 1. The lowest BCUT2D eigenvalue weighted by atomic mass is 9.77. The monoisotopic (exact) mass is 237 g/mol. The normalized spacial score (nSPS) is 26.5. The van der Waals surface area contributed by atoms with Gasteiger partial charge in [0, 0.05) is 17.7 Å². The summed E-state index contributed by atoms with van der Waals surface area (Å²) in [6.07, 6.45) is 4.35. The van der Waals surface area contributed by atoms with Crippen LogP contribution in [0, 0.1) is 11.3 Å². The molecule has 0 saturated carbocycles. The molecule has 4 nitrogen and oxygen atoms in total. The van der Waals surface area contributed by atoms with Crippen LogP contribution in [-0.2, 0) is 14.3 Å². The largest absolute Gasteiger partial charge is 0.469 e. The highest BCUT2D eigenvalue weighted by atomic mass is 16.5. The van der Waals surface area contributed by atoms with Gasteiger partial charge in [0.2, 0.25) is 5.91 Å². The molecule has 94 valence electrons. The highest BCUT2D eigenvalue weighted by Gasteiger charge is 2.51. The van der Waals surface area contributed by atoms with Gasteiger partial charge >= 0.3 is 5.97 Å². The number of methoxy groups -OCH3 is 1. The van der Waals surface area contributed by atoms with E-state index in [9.17, 15) is 9.59 Å². The fraction of sp³-hybridized carbons (Fsp3) is 0.692. The molecule has 0 aromatic carbocycles. The second kappa shape index (κ2) is 4.17. The molecular formula is C13H19NO3. The molecule has 1 fully saturated rings. The van der Waals surface area contributed by atoms with Crippen LogP contribution in [0.15, 0.2) is 11.8 Å². The van der Waals surface area contributed by atoms with E-state index >= 15 is 0 Å². The Balaban J connectivity index is 2.28. The lowest BCUT2D eigenvalue weighted by Crippen LogP contribution is -2.30. The minimum Gasteiger partial charge on any atom is -0.469 e. The van der Waals surface area contributed by atoms with Crippen LogP contribution in [0.3, 0.4) is 0 Å². The Kier molecular flexibility index (Phi) is 2.98. The summed E-state index contributed by atoms with van der Waals surface area (Å²) in [5, 5.41) is 0. The van der Waals surface area contributed by atoms with Gasteiger partial charge < -0.3 is 9.64 Å². The predicted molar refractivity (Wildman–Crippen MR) is 62.9 cm³/mol. The second-order valence-electron chi connectivity index (χ2n) is 5.28. The molecule has 2 aliphatic heterocycles. The van der Waals surface area contributed by atoms with Crippen molar-refractivity contribution in [2.75, 3.05) is 13.7 Å². The van der Waals surface area contributed by atoms with Crippen molar-refractivity contribution in [1.82, 2.24) is 4.90 Å². The van der Waals surface area contributed by atoms with E-state index in [-0.39, 0.29) is 29.6 Å². The van der Waals surface area contributed by atoms with Gasteiger partial charge in [0.05, 0.1) is 19.4 Å². The van der Waals surface area contributed by atoms with Crippen molar-refractivity contribution in [1.29, 1.82) is 0 Å². The van der Waals surface area contributed by atoms with E-state index in [2.05, 4.69) is 10.8 Å². The van der Waals surface area contributed by atoms with E-state index in [1.165, 1.54) is 7.11 Å². The van der Waals surface area contributed by atoms with Crippen molar-refractivity contribution in [3.8, 4) is 0 Å². The average Bonchev–Trinajstić information content (AvgIpc) is 2.51. The van der Waals surface area contributed by atoms with Gasteiger partial charge in [-0.05, 0) is 12.8 Å². The Morgan fingerprint density at radius 3 is 2.88 bits per heavy atom. The van der Waals surface area contributed by atoms with Gasteiger partial charge in [-0.2, -0.15) is 0 Å². The SMILES string of the molecule is COC(=O)CC1C(=O)N2CCCC=C2C1(C)C. The number of hydrogen-bond donors (Lipinski definition) is 0. The van der Waals surface area contributed by atoms with Crippen LogP contribution < -0.4 is 0 Å². The van der Waals surface area contributed by atoms with Crippen molar-refractivity contribution in [2.24, 2.45) is 11.3 Å². The van der Waals surface area contributed by atoms with Crippen LogP contribution in [0.1, 0.15) is 33.1 Å². The molecule has 1 amide bonds. The van der Waals surface area contributed by atoms with E-state index in [4.69, 9.17) is 0 Å². The van der Waals surface area contributed by atoms with E-state index in [0.717, 1.165) is 25.1 Å². The van der Waals surface area contributed by atoms with Gasteiger partial charge in [-0.3, -0.25) is 9.59 Å². The maximum atomic E-state index is 12.3. The zero-order chi connectivity index (χ0) is 12.6. The smallest absolute Gasteiger partial charge is 0.306 e. The molecule has 2 aliphatic rings. The Morgan fingerprint density at radius 2 is 2.29 bits per heavy atom. The van der Waals surface area contributed by atoms with Gasteiger partial charge in [-0.15, -0.1) is 0 Å². The quantitative estimate of drug-likeness (QED) is 0.687. The van der Waals surface area contributed by atoms with Gasteiger partial charge in [0.25, 0.3) is 0 Å². The number of allylic oxidation sites excluding steroid dienone is 2. The third kappa shape index (κ3) is 1.85. The fourth-order valence-corrected chi connectivity index (χ4v) is 2.83. The summed E-state index contributed by atoms with van der Waals surface area (Å²) < 4.78 is 4.68. The Hall–Kier alpha value is -1.32. The molecule has 2 rings (SSSR count). The molecule has 1 atom stereocenters. The standard InChI is InChI=1S/C13H19NO3/c1-13(2)9(8-11(15)17-3)12(16)14-7-5-4-6-10(13)14/h6,9H,4-5,7-8H2,1-3H3. The number of esters is 1. The first-order valence-electron chi connectivity index (χ1n) is 6.07. The molecule has 0 aromatic rings. The second-order valence-corrected chi connectivity index (χ2v) is 5.28. The van der Waals surface area contributed by atoms with E-state index < -0.39 is 0 Å². The summed E-state index contributed by atoms with van der Waals surface area (Å²) in [5.41, 5.74) is 0.828. The first-order valence-corrected chi connectivity index (χ1v) is 6.07. The molecule has 1 saturated heterocycles. The van der Waals surface area contributed by atoms with E-state index in [1.54, 1.807) is 0 Å². The minimum atomic E-state index is -0.308. The van der Waals surface area contributed by atoms with Crippen molar-refractivity contribution in [3.63, 3.8) is 0 Å². The molecule has 2 heterocycles.